The highest BCUT2D eigenvalue weighted by Gasteiger charge is 2.10. The van der Waals surface area contributed by atoms with E-state index in [1.807, 2.05) is 38.1 Å². The van der Waals surface area contributed by atoms with Gasteiger partial charge < -0.3 is 10.2 Å². The molecule has 17 heavy (non-hydrogen) atoms. The van der Waals surface area contributed by atoms with Crippen LogP contribution in [-0.4, -0.2) is 30.9 Å². The van der Waals surface area contributed by atoms with E-state index in [0.717, 1.165) is 12.1 Å². The van der Waals surface area contributed by atoms with Crippen molar-refractivity contribution in [1.82, 2.24) is 10.2 Å². The maximum Gasteiger partial charge on any atom is 0.236 e. The summed E-state index contributed by atoms with van der Waals surface area (Å²) in [7, 11) is 1.80. The Hall–Kier alpha value is -1.06. The monoisotopic (exact) mass is 254 g/mol. The van der Waals surface area contributed by atoms with Crippen LogP contribution in [0.4, 0.5) is 0 Å². The number of nitrogens with one attached hydrogen (secondary N) is 1. The van der Waals surface area contributed by atoms with E-state index in [0.29, 0.717) is 11.6 Å². The largest absolute Gasteiger partial charge is 0.345 e. The summed E-state index contributed by atoms with van der Waals surface area (Å²) in [6.45, 7) is 5.05. The number of carbonyl (C=O) groups excluding carboxylic acids is 1. The van der Waals surface area contributed by atoms with Crippen LogP contribution in [-0.2, 0) is 4.79 Å². The van der Waals surface area contributed by atoms with E-state index in [1.54, 1.807) is 11.9 Å². The van der Waals surface area contributed by atoms with Gasteiger partial charge in [0, 0.05) is 24.7 Å². The number of benzene rings is 1. The molecule has 0 aliphatic rings. The van der Waals surface area contributed by atoms with E-state index < -0.39 is 0 Å². The van der Waals surface area contributed by atoms with Crippen molar-refractivity contribution in [3.8, 4) is 0 Å². The molecule has 0 fully saturated rings. The smallest absolute Gasteiger partial charge is 0.236 e. The Labute approximate surface area is 108 Å². The van der Waals surface area contributed by atoms with Crippen molar-refractivity contribution < 1.29 is 4.79 Å². The molecule has 0 heterocycles. The summed E-state index contributed by atoms with van der Waals surface area (Å²) in [4.78, 5) is 13.3. The molecule has 1 aromatic carbocycles. The standard InChI is InChI=1S/C13H19ClN2O/c1-4-16(3)13(17)9-15-10(2)11-6-5-7-12(14)8-11/h5-8,10,15H,4,9H2,1-3H3/t10-/m1/s1. The number of carbonyl (C=O) groups is 1. The Morgan fingerprint density at radius 1 is 1.53 bits per heavy atom. The molecule has 0 saturated carbocycles. The highest BCUT2D eigenvalue weighted by molar-refractivity contribution is 6.30. The maximum absolute atomic E-state index is 11.6. The van der Waals surface area contributed by atoms with E-state index in [1.165, 1.54) is 0 Å². The molecule has 1 N–H and O–H groups in total. The SMILES string of the molecule is CCN(C)C(=O)CN[C@H](C)c1cccc(Cl)c1. The van der Waals surface area contributed by atoms with Crippen molar-refractivity contribution in [2.45, 2.75) is 19.9 Å². The lowest BCUT2D eigenvalue weighted by Gasteiger charge is -2.18. The van der Waals surface area contributed by atoms with Crippen molar-refractivity contribution in [3.05, 3.63) is 34.9 Å². The molecule has 0 saturated heterocycles. The Morgan fingerprint density at radius 3 is 2.82 bits per heavy atom. The van der Waals surface area contributed by atoms with Gasteiger partial charge in [0.1, 0.15) is 0 Å². The van der Waals surface area contributed by atoms with Crippen LogP contribution < -0.4 is 5.32 Å². The zero-order valence-electron chi connectivity index (χ0n) is 10.5. The van der Waals surface area contributed by atoms with Crippen LogP contribution in [0.2, 0.25) is 5.02 Å². The first-order valence-corrected chi connectivity index (χ1v) is 6.15. The van der Waals surface area contributed by atoms with Crippen molar-refractivity contribution in [3.63, 3.8) is 0 Å². The summed E-state index contributed by atoms with van der Waals surface area (Å²) >= 11 is 5.92. The number of rotatable bonds is 5. The van der Waals surface area contributed by atoms with Gasteiger partial charge in [0.2, 0.25) is 5.91 Å². The van der Waals surface area contributed by atoms with Crippen LogP contribution >= 0.6 is 11.6 Å². The second-order valence-electron chi connectivity index (χ2n) is 4.07. The summed E-state index contributed by atoms with van der Waals surface area (Å²) in [6.07, 6.45) is 0. The van der Waals surface area contributed by atoms with Gasteiger partial charge in [-0.15, -0.1) is 0 Å². The number of amides is 1. The number of likely N-dealkylation sites (N-methyl/N-ethyl adjacent to an activating group) is 1. The quantitative estimate of drug-likeness (QED) is 0.876. The minimum absolute atomic E-state index is 0.0985. The maximum atomic E-state index is 11.6. The van der Waals surface area contributed by atoms with Crippen LogP contribution in [0, 0.1) is 0 Å². The van der Waals surface area contributed by atoms with Gasteiger partial charge in [0.05, 0.1) is 6.54 Å². The molecule has 1 atom stereocenters. The Kier molecular flexibility index (Phi) is 5.45. The van der Waals surface area contributed by atoms with Crippen LogP contribution in [0.1, 0.15) is 25.5 Å². The molecule has 0 unspecified atom stereocenters. The lowest BCUT2D eigenvalue weighted by molar-refractivity contribution is -0.128. The van der Waals surface area contributed by atoms with E-state index in [-0.39, 0.29) is 11.9 Å². The van der Waals surface area contributed by atoms with Gasteiger partial charge in [0.15, 0.2) is 0 Å². The van der Waals surface area contributed by atoms with Gasteiger partial charge in [-0.3, -0.25) is 4.79 Å². The molecule has 4 heteroatoms. The van der Waals surface area contributed by atoms with Crippen LogP contribution in [0.25, 0.3) is 0 Å². The van der Waals surface area contributed by atoms with E-state index in [2.05, 4.69) is 5.32 Å². The Bertz CT molecular complexity index is 381. The zero-order valence-corrected chi connectivity index (χ0v) is 11.3. The predicted octanol–water partition coefficient (Wildman–Crippen LogP) is 2.47. The normalized spacial score (nSPS) is 12.2. The van der Waals surface area contributed by atoms with E-state index >= 15 is 0 Å². The average molecular weight is 255 g/mol. The van der Waals surface area contributed by atoms with Gasteiger partial charge in [-0.05, 0) is 31.5 Å². The molecule has 1 aromatic rings. The van der Waals surface area contributed by atoms with Crippen LogP contribution in [0.15, 0.2) is 24.3 Å². The molecule has 0 bridgehead atoms. The van der Waals surface area contributed by atoms with Gasteiger partial charge in [-0.25, -0.2) is 0 Å². The molecular weight excluding hydrogens is 236 g/mol. The molecule has 94 valence electrons. The number of nitrogens with zero attached hydrogens (tertiary/aromatic N) is 1. The van der Waals surface area contributed by atoms with Crippen LogP contribution in [0.5, 0.6) is 0 Å². The van der Waals surface area contributed by atoms with Crippen molar-refractivity contribution >= 4 is 17.5 Å². The average Bonchev–Trinajstić information content (AvgIpc) is 2.34. The highest BCUT2D eigenvalue weighted by atomic mass is 35.5. The zero-order chi connectivity index (χ0) is 12.8. The molecule has 3 nitrogen and oxygen atoms in total. The summed E-state index contributed by atoms with van der Waals surface area (Å²) in [5.74, 6) is 0.0985. The second kappa shape index (κ2) is 6.62. The van der Waals surface area contributed by atoms with E-state index in [4.69, 9.17) is 11.6 Å². The third-order valence-electron chi connectivity index (χ3n) is 2.81. The molecule has 0 radical (unpaired) electrons. The number of halogens is 1. The molecule has 0 aromatic heterocycles. The fourth-order valence-corrected chi connectivity index (χ4v) is 1.64. The lowest BCUT2D eigenvalue weighted by Crippen LogP contribution is -2.36. The fourth-order valence-electron chi connectivity index (χ4n) is 1.45. The second-order valence-corrected chi connectivity index (χ2v) is 4.50. The fraction of sp³-hybridized carbons (Fsp3) is 0.462. The first kappa shape index (κ1) is 14.0. The molecule has 1 rings (SSSR count). The number of hydrogen-bond donors (Lipinski definition) is 1. The summed E-state index contributed by atoms with van der Waals surface area (Å²) in [5.41, 5.74) is 1.09. The number of hydrogen-bond acceptors (Lipinski definition) is 2. The van der Waals surface area contributed by atoms with Crippen molar-refractivity contribution in [2.24, 2.45) is 0 Å². The molecule has 1 amide bonds. The van der Waals surface area contributed by atoms with Crippen molar-refractivity contribution in [1.29, 1.82) is 0 Å². The highest BCUT2D eigenvalue weighted by Crippen LogP contribution is 2.16. The van der Waals surface area contributed by atoms with Crippen LogP contribution in [0.3, 0.4) is 0 Å². The lowest BCUT2D eigenvalue weighted by atomic mass is 10.1. The predicted molar refractivity (Wildman–Crippen MR) is 71.2 cm³/mol. The molecule has 0 spiro atoms. The van der Waals surface area contributed by atoms with Crippen molar-refractivity contribution in [2.75, 3.05) is 20.1 Å². The van der Waals surface area contributed by atoms with Gasteiger partial charge in [0.25, 0.3) is 0 Å². The van der Waals surface area contributed by atoms with Gasteiger partial charge in [-0.2, -0.15) is 0 Å². The topological polar surface area (TPSA) is 32.3 Å². The van der Waals surface area contributed by atoms with Gasteiger partial charge in [-0.1, -0.05) is 23.7 Å². The first-order chi connectivity index (χ1) is 8.04. The van der Waals surface area contributed by atoms with E-state index in [9.17, 15) is 4.79 Å². The minimum Gasteiger partial charge on any atom is -0.345 e. The molecule has 0 aliphatic heterocycles. The van der Waals surface area contributed by atoms with Gasteiger partial charge >= 0.3 is 0 Å². The minimum atomic E-state index is 0.0985. The first-order valence-electron chi connectivity index (χ1n) is 5.77. The Balaban J connectivity index is 2.50. The summed E-state index contributed by atoms with van der Waals surface area (Å²) in [5, 5.41) is 3.91. The third-order valence-corrected chi connectivity index (χ3v) is 3.04. The molecular formula is C13H19ClN2O. The summed E-state index contributed by atoms with van der Waals surface area (Å²) in [6, 6.07) is 7.77. The third kappa shape index (κ3) is 4.36. The Morgan fingerprint density at radius 2 is 2.24 bits per heavy atom. The molecule has 0 aliphatic carbocycles. The summed E-state index contributed by atoms with van der Waals surface area (Å²) < 4.78 is 0.